The van der Waals surface area contributed by atoms with Gasteiger partial charge < -0.3 is 14.2 Å². The molecule has 0 aliphatic heterocycles. The molecule has 0 aliphatic carbocycles. The number of benzene rings is 2. The standard InChI is InChI=1S/C22H25FN2O4S/c1-24(2)12-13-25(14-16-8-4-6-10-19(16)23)22(26)21-18(15-30(3,27)28)17-9-5-7-11-20(17)29-21/h4-11H,12-15H2,1-3H3. The van der Waals surface area contributed by atoms with Gasteiger partial charge in [-0.2, -0.15) is 0 Å². The number of fused-ring (bicyclic) bond motifs is 1. The van der Waals surface area contributed by atoms with Crippen molar-refractivity contribution in [3.8, 4) is 0 Å². The van der Waals surface area contributed by atoms with Crippen LogP contribution in [0.4, 0.5) is 4.39 Å². The third-order valence-electron chi connectivity index (χ3n) is 4.72. The highest BCUT2D eigenvalue weighted by Crippen LogP contribution is 2.29. The van der Waals surface area contributed by atoms with Crippen molar-refractivity contribution < 1.29 is 22.0 Å². The van der Waals surface area contributed by atoms with Crippen molar-refractivity contribution in [2.45, 2.75) is 12.3 Å². The number of sulfone groups is 1. The molecule has 0 unspecified atom stereocenters. The zero-order valence-corrected chi connectivity index (χ0v) is 18.1. The molecule has 1 heterocycles. The van der Waals surface area contributed by atoms with Gasteiger partial charge in [-0.25, -0.2) is 12.8 Å². The fourth-order valence-electron chi connectivity index (χ4n) is 3.23. The van der Waals surface area contributed by atoms with Crippen LogP contribution >= 0.6 is 0 Å². The predicted octanol–water partition coefficient (Wildman–Crippen LogP) is 3.32. The van der Waals surface area contributed by atoms with Crippen LogP contribution in [0.3, 0.4) is 0 Å². The SMILES string of the molecule is CN(C)CCN(Cc1ccccc1F)C(=O)c1oc2ccccc2c1CS(C)(=O)=O. The number of amides is 1. The molecule has 0 fully saturated rings. The number of carbonyl (C=O) groups is 1. The lowest BCUT2D eigenvalue weighted by molar-refractivity contribution is 0.0699. The van der Waals surface area contributed by atoms with Crippen LogP contribution in [0.25, 0.3) is 11.0 Å². The Bertz CT molecular complexity index is 1150. The Morgan fingerprint density at radius 1 is 1.03 bits per heavy atom. The van der Waals surface area contributed by atoms with E-state index in [-0.39, 0.29) is 18.1 Å². The van der Waals surface area contributed by atoms with Gasteiger partial charge in [-0.05, 0) is 26.2 Å². The lowest BCUT2D eigenvalue weighted by Gasteiger charge is -2.24. The molecule has 8 heteroatoms. The maximum atomic E-state index is 14.2. The Kier molecular flexibility index (Phi) is 6.58. The lowest BCUT2D eigenvalue weighted by Crippen LogP contribution is -2.36. The molecule has 0 N–H and O–H groups in total. The third kappa shape index (κ3) is 5.25. The van der Waals surface area contributed by atoms with Gasteiger partial charge in [0.15, 0.2) is 15.6 Å². The number of para-hydroxylation sites is 1. The van der Waals surface area contributed by atoms with E-state index in [4.69, 9.17) is 4.42 Å². The average Bonchev–Trinajstić information content (AvgIpc) is 3.03. The number of carbonyl (C=O) groups excluding carboxylic acids is 1. The summed E-state index contributed by atoms with van der Waals surface area (Å²) in [6.07, 6.45) is 1.12. The fraction of sp³-hybridized carbons (Fsp3) is 0.318. The van der Waals surface area contributed by atoms with Crippen LogP contribution in [0, 0.1) is 5.82 Å². The van der Waals surface area contributed by atoms with E-state index >= 15 is 0 Å². The Labute approximate surface area is 175 Å². The fourth-order valence-corrected chi connectivity index (χ4v) is 4.04. The maximum absolute atomic E-state index is 14.2. The summed E-state index contributed by atoms with van der Waals surface area (Å²) in [6, 6.07) is 13.2. The van der Waals surface area contributed by atoms with E-state index in [1.165, 1.54) is 11.0 Å². The van der Waals surface area contributed by atoms with Gasteiger partial charge in [-0.3, -0.25) is 4.79 Å². The summed E-state index contributed by atoms with van der Waals surface area (Å²) in [5, 5.41) is 0.588. The van der Waals surface area contributed by atoms with E-state index in [1.807, 2.05) is 19.0 Å². The molecule has 1 amide bonds. The number of likely N-dealkylation sites (N-methyl/N-ethyl adjacent to an activating group) is 1. The first-order valence-corrected chi connectivity index (χ1v) is 11.6. The summed E-state index contributed by atoms with van der Waals surface area (Å²) in [4.78, 5) is 16.8. The summed E-state index contributed by atoms with van der Waals surface area (Å²) in [5.74, 6) is -1.19. The molecule has 3 rings (SSSR count). The summed E-state index contributed by atoms with van der Waals surface area (Å²) in [7, 11) is 0.343. The zero-order chi connectivity index (χ0) is 21.9. The number of halogens is 1. The van der Waals surface area contributed by atoms with Crippen LogP contribution in [0.15, 0.2) is 52.9 Å². The normalized spacial score (nSPS) is 11.9. The molecule has 0 spiro atoms. The maximum Gasteiger partial charge on any atom is 0.290 e. The van der Waals surface area contributed by atoms with E-state index in [0.29, 0.717) is 35.2 Å². The van der Waals surface area contributed by atoms with Gasteiger partial charge >= 0.3 is 0 Å². The van der Waals surface area contributed by atoms with Gasteiger partial charge in [-0.15, -0.1) is 0 Å². The first kappa shape index (κ1) is 22.0. The number of nitrogens with zero attached hydrogens (tertiary/aromatic N) is 2. The molecule has 3 aromatic rings. The van der Waals surface area contributed by atoms with Gasteiger partial charge in [0.1, 0.15) is 11.4 Å². The minimum Gasteiger partial charge on any atom is -0.451 e. The van der Waals surface area contributed by atoms with Gasteiger partial charge in [0.05, 0.1) is 5.75 Å². The quantitative estimate of drug-likeness (QED) is 0.546. The van der Waals surface area contributed by atoms with Crippen molar-refractivity contribution in [3.05, 3.63) is 71.2 Å². The highest BCUT2D eigenvalue weighted by Gasteiger charge is 2.27. The molecule has 160 valence electrons. The van der Waals surface area contributed by atoms with E-state index in [1.54, 1.807) is 42.5 Å². The molecule has 0 saturated heterocycles. The number of furan rings is 1. The smallest absolute Gasteiger partial charge is 0.290 e. The van der Waals surface area contributed by atoms with Crippen LogP contribution in [0.1, 0.15) is 21.7 Å². The molecule has 1 aromatic heterocycles. The van der Waals surface area contributed by atoms with Gasteiger partial charge in [0.25, 0.3) is 5.91 Å². The molecule has 0 bridgehead atoms. The Balaban J connectivity index is 2.04. The van der Waals surface area contributed by atoms with Gasteiger partial charge in [0.2, 0.25) is 0 Å². The molecule has 0 aliphatic rings. The van der Waals surface area contributed by atoms with Crippen molar-refractivity contribution in [2.75, 3.05) is 33.4 Å². The summed E-state index contributed by atoms with van der Waals surface area (Å²) >= 11 is 0. The zero-order valence-electron chi connectivity index (χ0n) is 17.3. The number of rotatable bonds is 8. The van der Waals surface area contributed by atoms with Crippen LogP contribution in [-0.4, -0.2) is 57.6 Å². The molecular weight excluding hydrogens is 407 g/mol. The summed E-state index contributed by atoms with van der Waals surface area (Å²) in [6.45, 7) is 0.937. The van der Waals surface area contributed by atoms with E-state index in [0.717, 1.165) is 6.26 Å². The van der Waals surface area contributed by atoms with Crippen molar-refractivity contribution in [1.82, 2.24) is 9.80 Å². The van der Waals surface area contributed by atoms with Crippen LogP contribution in [-0.2, 0) is 22.1 Å². The topological polar surface area (TPSA) is 70.8 Å². The summed E-state index contributed by atoms with van der Waals surface area (Å²) < 4.78 is 44.1. The first-order valence-electron chi connectivity index (χ1n) is 9.51. The second kappa shape index (κ2) is 8.97. The first-order chi connectivity index (χ1) is 14.2. The average molecular weight is 433 g/mol. The monoisotopic (exact) mass is 432 g/mol. The summed E-state index contributed by atoms with van der Waals surface area (Å²) in [5.41, 5.74) is 1.16. The Morgan fingerprint density at radius 2 is 1.70 bits per heavy atom. The van der Waals surface area contributed by atoms with Crippen molar-refractivity contribution >= 4 is 26.7 Å². The molecule has 0 radical (unpaired) electrons. The number of hydrogen-bond donors (Lipinski definition) is 0. The Morgan fingerprint density at radius 3 is 2.37 bits per heavy atom. The molecule has 2 aromatic carbocycles. The Hall–Kier alpha value is -2.71. The lowest BCUT2D eigenvalue weighted by atomic mass is 10.1. The second-order valence-electron chi connectivity index (χ2n) is 7.60. The third-order valence-corrected chi connectivity index (χ3v) is 5.54. The van der Waals surface area contributed by atoms with Crippen LogP contribution in [0.2, 0.25) is 0 Å². The molecule has 0 atom stereocenters. The molecule has 0 saturated carbocycles. The molecular formula is C22H25FN2O4S. The predicted molar refractivity (Wildman–Crippen MR) is 114 cm³/mol. The van der Waals surface area contributed by atoms with Crippen molar-refractivity contribution in [1.29, 1.82) is 0 Å². The van der Waals surface area contributed by atoms with E-state index in [9.17, 15) is 17.6 Å². The largest absolute Gasteiger partial charge is 0.451 e. The molecule has 6 nitrogen and oxygen atoms in total. The second-order valence-corrected chi connectivity index (χ2v) is 9.74. The minimum atomic E-state index is -3.41. The van der Waals surface area contributed by atoms with E-state index in [2.05, 4.69) is 0 Å². The minimum absolute atomic E-state index is 0.0169. The van der Waals surface area contributed by atoms with Gasteiger partial charge in [0, 0.05) is 42.4 Å². The number of hydrogen-bond acceptors (Lipinski definition) is 5. The highest BCUT2D eigenvalue weighted by atomic mass is 32.2. The van der Waals surface area contributed by atoms with Gasteiger partial charge in [-0.1, -0.05) is 36.4 Å². The molecule has 30 heavy (non-hydrogen) atoms. The highest BCUT2D eigenvalue weighted by molar-refractivity contribution is 7.89. The van der Waals surface area contributed by atoms with Crippen LogP contribution in [0.5, 0.6) is 0 Å². The van der Waals surface area contributed by atoms with E-state index < -0.39 is 21.6 Å². The van der Waals surface area contributed by atoms with Crippen LogP contribution < -0.4 is 0 Å². The van der Waals surface area contributed by atoms with Crippen molar-refractivity contribution in [3.63, 3.8) is 0 Å². The van der Waals surface area contributed by atoms with Crippen molar-refractivity contribution in [2.24, 2.45) is 0 Å².